The molecule has 0 aliphatic carbocycles. The van der Waals surface area contributed by atoms with Crippen molar-refractivity contribution in [3.05, 3.63) is 97.2 Å². The summed E-state index contributed by atoms with van der Waals surface area (Å²) in [7, 11) is 0. The van der Waals surface area contributed by atoms with Crippen molar-refractivity contribution in [3.63, 3.8) is 0 Å². The van der Waals surface area contributed by atoms with Crippen LogP contribution >= 0.6 is 0 Å². The SMILES string of the molecule is CC/C=C\C/C=C\C/C=C\C/C=C\C/C=C\C/C=C\CCC(=O)OCC(COC(=O)CCCCCCCCC/C=C\CCCCCC)OC(=O)CCCCCCCCC/C=C\CCCCCC. The van der Waals surface area contributed by atoms with Crippen LogP contribution in [0, 0.1) is 0 Å². The van der Waals surface area contributed by atoms with Gasteiger partial charge in [-0.25, -0.2) is 0 Å². The van der Waals surface area contributed by atoms with Crippen molar-refractivity contribution in [1.82, 2.24) is 0 Å². The number of esters is 3. The molecule has 0 N–H and O–H groups in total. The summed E-state index contributed by atoms with van der Waals surface area (Å²) in [6.07, 6.45) is 72.6. The van der Waals surface area contributed by atoms with Crippen LogP contribution in [0.5, 0.6) is 0 Å². The molecule has 0 aliphatic rings. The van der Waals surface area contributed by atoms with E-state index in [1.54, 1.807) is 0 Å². The van der Waals surface area contributed by atoms with Crippen LogP contribution in [0.3, 0.4) is 0 Å². The summed E-state index contributed by atoms with van der Waals surface area (Å²) in [4.78, 5) is 38.1. The van der Waals surface area contributed by atoms with Crippen LogP contribution in [0.1, 0.15) is 252 Å². The minimum atomic E-state index is -0.812. The fourth-order valence-corrected chi connectivity index (χ4v) is 7.40. The van der Waals surface area contributed by atoms with Crippen molar-refractivity contribution >= 4 is 17.9 Å². The van der Waals surface area contributed by atoms with Crippen LogP contribution in [-0.2, 0) is 28.6 Å². The number of ether oxygens (including phenoxy) is 3. The van der Waals surface area contributed by atoms with Gasteiger partial charge in [-0.05, 0) is 109 Å². The minimum Gasteiger partial charge on any atom is -0.462 e. The molecule has 0 fully saturated rings. The Kier molecular flexibility index (Phi) is 51.9. The number of carbonyl (C=O) groups excluding carboxylic acids is 3. The Labute approximate surface area is 413 Å². The number of rotatable bonds is 49. The molecular formula is C61H102O6. The van der Waals surface area contributed by atoms with Crippen molar-refractivity contribution in [1.29, 1.82) is 0 Å². The van der Waals surface area contributed by atoms with Gasteiger partial charge in [0.2, 0.25) is 0 Å². The lowest BCUT2D eigenvalue weighted by Crippen LogP contribution is -2.30. The third-order valence-electron chi connectivity index (χ3n) is 11.6. The molecule has 0 aromatic heterocycles. The molecule has 0 heterocycles. The van der Waals surface area contributed by atoms with E-state index in [1.807, 2.05) is 6.08 Å². The van der Waals surface area contributed by atoms with Gasteiger partial charge in [0, 0.05) is 19.3 Å². The first-order valence-electron chi connectivity index (χ1n) is 27.7. The van der Waals surface area contributed by atoms with Crippen molar-refractivity contribution in [2.24, 2.45) is 0 Å². The molecule has 382 valence electrons. The lowest BCUT2D eigenvalue weighted by atomic mass is 10.1. The van der Waals surface area contributed by atoms with Crippen LogP contribution in [-0.4, -0.2) is 37.2 Å². The average molecular weight is 931 g/mol. The van der Waals surface area contributed by atoms with Gasteiger partial charge in [-0.15, -0.1) is 0 Å². The molecule has 1 unspecified atom stereocenters. The maximum Gasteiger partial charge on any atom is 0.306 e. The number of allylic oxidation sites excluding steroid dienone is 16. The first-order chi connectivity index (χ1) is 33.0. The van der Waals surface area contributed by atoms with Gasteiger partial charge in [0.05, 0.1) is 0 Å². The number of hydrogen-bond acceptors (Lipinski definition) is 6. The van der Waals surface area contributed by atoms with Gasteiger partial charge in [0.15, 0.2) is 6.10 Å². The Morgan fingerprint density at radius 2 is 0.612 bits per heavy atom. The van der Waals surface area contributed by atoms with Gasteiger partial charge in [-0.1, -0.05) is 221 Å². The summed E-state index contributed by atoms with van der Waals surface area (Å²) in [5, 5.41) is 0. The van der Waals surface area contributed by atoms with Crippen LogP contribution in [0.2, 0.25) is 0 Å². The second-order valence-electron chi connectivity index (χ2n) is 18.1. The smallest absolute Gasteiger partial charge is 0.306 e. The van der Waals surface area contributed by atoms with Gasteiger partial charge in [-0.2, -0.15) is 0 Å². The normalized spacial score (nSPS) is 12.8. The quantitative estimate of drug-likeness (QED) is 0.0262. The Bertz CT molecular complexity index is 1350. The van der Waals surface area contributed by atoms with E-state index in [4.69, 9.17) is 14.2 Å². The Morgan fingerprint density at radius 1 is 0.313 bits per heavy atom. The maximum absolute atomic E-state index is 12.8. The van der Waals surface area contributed by atoms with E-state index in [0.717, 1.165) is 77.0 Å². The summed E-state index contributed by atoms with van der Waals surface area (Å²) in [5.74, 6) is -1.00. The number of hydrogen-bond donors (Lipinski definition) is 0. The highest BCUT2D eigenvalue weighted by atomic mass is 16.6. The maximum atomic E-state index is 12.8. The zero-order valence-corrected chi connectivity index (χ0v) is 43.6. The standard InChI is InChI=1S/C61H102O6/c1-4-7-10-13-16-19-22-25-28-29-30-31-34-36-39-42-45-48-51-54-60(63)66-57-58(67-61(64)55-52-49-46-43-40-37-33-27-24-21-18-15-12-9-6-3)56-65-59(62)53-50-47-44-41-38-35-32-26-23-20-17-14-11-8-5-2/h7,10,16,19-21,23-25,28,30-31,36,39,45,48,58H,4-6,8-9,11-15,17-18,22,26-27,29,32-35,37-38,40-44,46-47,49-57H2,1-3H3/b10-7-,19-16-,23-20-,24-21-,28-25-,31-30-,39-36-,48-45-. The molecule has 0 rings (SSSR count). The van der Waals surface area contributed by atoms with Crippen molar-refractivity contribution < 1.29 is 28.6 Å². The first kappa shape index (κ1) is 63.3. The molecule has 0 amide bonds. The largest absolute Gasteiger partial charge is 0.462 e. The van der Waals surface area contributed by atoms with Gasteiger partial charge in [-0.3, -0.25) is 14.4 Å². The third kappa shape index (κ3) is 53.2. The van der Waals surface area contributed by atoms with Crippen LogP contribution in [0.15, 0.2) is 97.2 Å². The fraction of sp³-hybridized carbons (Fsp3) is 0.689. The van der Waals surface area contributed by atoms with Crippen LogP contribution in [0.4, 0.5) is 0 Å². The number of carbonyl (C=O) groups is 3. The molecule has 0 saturated carbocycles. The summed E-state index contributed by atoms with van der Waals surface area (Å²) in [5.41, 5.74) is 0. The van der Waals surface area contributed by atoms with E-state index < -0.39 is 6.10 Å². The van der Waals surface area contributed by atoms with E-state index in [1.165, 1.54) is 128 Å². The highest BCUT2D eigenvalue weighted by Gasteiger charge is 2.19. The van der Waals surface area contributed by atoms with Gasteiger partial charge >= 0.3 is 17.9 Å². The van der Waals surface area contributed by atoms with Crippen molar-refractivity contribution in [2.45, 2.75) is 258 Å². The third-order valence-corrected chi connectivity index (χ3v) is 11.6. The summed E-state index contributed by atoms with van der Waals surface area (Å²) >= 11 is 0. The van der Waals surface area contributed by atoms with Gasteiger partial charge < -0.3 is 14.2 Å². The molecule has 0 saturated heterocycles. The number of unbranched alkanes of at least 4 members (excludes halogenated alkanes) is 22. The summed E-state index contributed by atoms with van der Waals surface area (Å²) in [6, 6.07) is 0. The topological polar surface area (TPSA) is 78.9 Å². The Hall–Kier alpha value is -3.67. The molecule has 1 atom stereocenters. The first-order valence-corrected chi connectivity index (χ1v) is 27.7. The molecule has 6 nitrogen and oxygen atoms in total. The highest BCUT2D eigenvalue weighted by Crippen LogP contribution is 2.14. The van der Waals surface area contributed by atoms with E-state index in [-0.39, 0.29) is 37.5 Å². The summed E-state index contributed by atoms with van der Waals surface area (Å²) in [6.45, 7) is 6.43. The predicted octanol–water partition coefficient (Wildman–Crippen LogP) is 18.5. The predicted molar refractivity (Wildman–Crippen MR) is 288 cm³/mol. The Morgan fingerprint density at radius 3 is 1.00 bits per heavy atom. The van der Waals surface area contributed by atoms with Crippen molar-refractivity contribution in [3.8, 4) is 0 Å². The van der Waals surface area contributed by atoms with E-state index in [0.29, 0.717) is 19.3 Å². The van der Waals surface area contributed by atoms with Crippen LogP contribution < -0.4 is 0 Å². The summed E-state index contributed by atoms with van der Waals surface area (Å²) < 4.78 is 16.8. The second kappa shape index (κ2) is 54.9. The highest BCUT2D eigenvalue weighted by molar-refractivity contribution is 5.71. The molecule has 0 spiro atoms. The van der Waals surface area contributed by atoms with E-state index >= 15 is 0 Å². The lowest BCUT2D eigenvalue weighted by Gasteiger charge is -2.18. The van der Waals surface area contributed by atoms with E-state index in [9.17, 15) is 14.4 Å². The molecule has 0 aromatic rings. The monoisotopic (exact) mass is 931 g/mol. The Balaban J connectivity index is 4.51. The van der Waals surface area contributed by atoms with Gasteiger partial charge in [0.1, 0.15) is 13.2 Å². The van der Waals surface area contributed by atoms with Crippen LogP contribution in [0.25, 0.3) is 0 Å². The molecular weight excluding hydrogens is 829 g/mol. The van der Waals surface area contributed by atoms with Gasteiger partial charge in [0.25, 0.3) is 0 Å². The molecule has 0 aliphatic heterocycles. The van der Waals surface area contributed by atoms with E-state index in [2.05, 4.69) is 112 Å². The minimum absolute atomic E-state index is 0.105. The molecule has 0 radical (unpaired) electrons. The fourth-order valence-electron chi connectivity index (χ4n) is 7.40. The molecule has 0 bridgehead atoms. The van der Waals surface area contributed by atoms with Crippen molar-refractivity contribution in [2.75, 3.05) is 13.2 Å². The molecule has 0 aromatic carbocycles. The molecule has 67 heavy (non-hydrogen) atoms. The lowest BCUT2D eigenvalue weighted by molar-refractivity contribution is -0.166. The molecule has 6 heteroatoms. The second-order valence-corrected chi connectivity index (χ2v) is 18.1. The zero-order valence-electron chi connectivity index (χ0n) is 43.6. The zero-order chi connectivity index (χ0) is 48.6. The average Bonchev–Trinajstić information content (AvgIpc) is 3.33.